The van der Waals surface area contributed by atoms with E-state index in [-0.39, 0.29) is 4.90 Å². The van der Waals surface area contributed by atoms with E-state index in [4.69, 9.17) is 5.73 Å². The third-order valence-electron chi connectivity index (χ3n) is 3.89. The van der Waals surface area contributed by atoms with Crippen LogP contribution in [0.2, 0.25) is 0 Å². The molecule has 1 atom stereocenters. The van der Waals surface area contributed by atoms with Crippen LogP contribution >= 0.6 is 0 Å². The van der Waals surface area contributed by atoms with E-state index in [1.54, 1.807) is 12.1 Å². The highest BCUT2D eigenvalue weighted by Gasteiger charge is 2.31. The number of nitrogen functional groups attached to an aromatic ring is 1. The normalized spacial score (nSPS) is 21.9. The van der Waals surface area contributed by atoms with Gasteiger partial charge in [-0.05, 0) is 49.9 Å². The molecule has 1 fully saturated rings. The first-order valence-electron chi connectivity index (χ1n) is 6.83. The number of hydrogen-bond acceptors (Lipinski definition) is 4. The van der Waals surface area contributed by atoms with Crippen LogP contribution < -0.4 is 15.8 Å². The second-order valence-corrected chi connectivity index (χ2v) is 8.07. The maximum Gasteiger partial charge on any atom is 0.242 e. The third-order valence-corrected chi connectivity index (χ3v) is 5.35. The lowest BCUT2D eigenvalue weighted by Crippen LogP contribution is -2.23. The second-order valence-electron chi connectivity index (χ2n) is 6.21. The summed E-state index contributed by atoms with van der Waals surface area (Å²) in [4.78, 5) is 0.213. The van der Waals surface area contributed by atoms with Gasteiger partial charge < -0.3 is 11.1 Å². The predicted octanol–water partition coefficient (Wildman–Crippen LogP) is 2.17. The van der Waals surface area contributed by atoms with Crippen LogP contribution in [0.25, 0.3) is 0 Å². The molecule has 2 rings (SSSR count). The summed E-state index contributed by atoms with van der Waals surface area (Å²) < 4.78 is 26.5. The van der Waals surface area contributed by atoms with Crippen molar-refractivity contribution in [3.63, 3.8) is 0 Å². The molecule has 4 N–H and O–H groups in total. The molecule has 1 saturated carbocycles. The molecule has 0 saturated heterocycles. The molecule has 5 nitrogen and oxygen atoms in total. The Hall–Kier alpha value is -1.27. The molecule has 0 heterocycles. The largest absolute Gasteiger partial charge is 0.399 e. The number of rotatable bonds is 4. The van der Waals surface area contributed by atoms with Gasteiger partial charge in [-0.1, -0.05) is 13.8 Å². The summed E-state index contributed by atoms with van der Waals surface area (Å²) in [6, 6.07) is 5.26. The van der Waals surface area contributed by atoms with Gasteiger partial charge in [-0.2, -0.15) is 0 Å². The van der Waals surface area contributed by atoms with Crippen molar-refractivity contribution < 1.29 is 8.42 Å². The van der Waals surface area contributed by atoms with E-state index in [1.165, 1.54) is 13.1 Å². The fourth-order valence-corrected chi connectivity index (χ4v) is 3.70. The first-order valence-corrected chi connectivity index (χ1v) is 8.31. The van der Waals surface area contributed by atoms with E-state index >= 15 is 0 Å². The van der Waals surface area contributed by atoms with Gasteiger partial charge in [-0.25, -0.2) is 13.1 Å². The molecule has 1 aliphatic carbocycles. The highest BCUT2D eigenvalue weighted by molar-refractivity contribution is 7.89. The van der Waals surface area contributed by atoms with Crippen LogP contribution in [-0.4, -0.2) is 21.5 Å². The molecular weight excluding hydrogens is 274 g/mol. The SMILES string of the molecule is CNS(=O)(=O)c1cc(N)ccc1NC1CCC(C)(C)C1. The fourth-order valence-electron chi connectivity index (χ4n) is 2.77. The van der Waals surface area contributed by atoms with Gasteiger partial charge in [0.25, 0.3) is 0 Å². The summed E-state index contributed by atoms with van der Waals surface area (Å²) in [6.07, 6.45) is 3.24. The number of anilines is 2. The topological polar surface area (TPSA) is 84.2 Å². The minimum absolute atomic E-state index is 0.213. The summed E-state index contributed by atoms with van der Waals surface area (Å²) in [5.41, 5.74) is 7.09. The van der Waals surface area contributed by atoms with E-state index in [9.17, 15) is 8.42 Å². The van der Waals surface area contributed by atoms with E-state index in [0.29, 0.717) is 22.8 Å². The Morgan fingerprint density at radius 3 is 2.60 bits per heavy atom. The lowest BCUT2D eigenvalue weighted by molar-refractivity contribution is 0.378. The number of hydrogen-bond donors (Lipinski definition) is 3. The molecule has 0 amide bonds. The standard InChI is InChI=1S/C14H23N3O2S/c1-14(2)7-6-11(9-14)17-12-5-4-10(15)8-13(12)20(18,19)16-3/h4-5,8,11,16-17H,6-7,9,15H2,1-3H3. The van der Waals surface area contributed by atoms with Gasteiger partial charge in [-0.3, -0.25) is 0 Å². The van der Waals surface area contributed by atoms with Crippen molar-refractivity contribution in [3.05, 3.63) is 18.2 Å². The first-order chi connectivity index (χ1) is 9.23. The Bertz CT molecular complexity index is 596. The van der Waals surface area contributed by atoms with E-state index < -0.39 is 10.0 Å². The van der Waals surface area contributed by atoms with E-state index in [1.807, 2.05) is 0 Å². The van der Waals surface area contributed by atoms with Gasteiger partial charge in [0.05, 0.1) is 5.69 Å². The van der Waals surface area contributed by atoms with Crippen LogP contribution in [0.1, 0.15) is 33.1 Å². The maximum atomic E-state index is 12.1. The Kier molecular flexibility index (Phi) is 3.97. The molecule has 0 bridgehead atoms. The van der Waals surface area contributed by atoms with Crippen molar-refractivity contribution in [2.75, 3.05) is 18.1 Å². The zero-order valence-corrected chi connectivity index (χ0v) is 13.0. The molecule has 0 aromatic heterocycles. The van der Waals surface area contributed by atoms with Crippen molar-refractivity contribution in [1.29, 1.82) is 0 Å². The minimum Gasteiger partial charge on any atom is -0.399 e. The smallest absolute Gasteiger partial charge is 0.242 e. The molecule has 0 aliphatic heterocycles. The first kappa shape index (κ1) is 15.1. The highest BCUT2D eigenvalue weighted by Crippen LogP contribution is 2.39. The van der Waals surface area contributed by atoms with Crippen LogP contribution in [0.4, 0.5) is 11.4 Å². The number of nitrogens with one attached hydrogen (secondary N) is 2. The molecule has 1 aromatic rings. The zero-order chi connectivity index (χ0) is 15.0. The van der Waals surface area contributed by atoms with Crippen molar-refractivity contribution >= 4 is 21.4 Å². The molecule has 1 aliphatic rings. The monoisotopic (exact) mass is 297 g/mol. The van der Waals surface area contributed by atoms with Gasteiger partial charge in [0.2, 0.25) is 10.0 Å². The minimum atomic E-state index is -3.51. The number of sulfonamides is 1. The fraction of sp³-hybridized carbons (Fsp3) is 0.571. The summed E-state index contributed by atoms with van der Waals surface area (Å²) in [6.45, 7) is 4.48. The third kappa shape index (κ3) is 3.24. The molecule has 1 aromatic carbocycles. The summed E-state index contributed by atoms with van der Waals surface area (Å²) >= 11 is 0. The molecule has 6 heteroatoms. The average Bonchev–Trinajstić information content (AvgIpc) is 2.71. The molecule has 112 valence electrons. The van der Waals surface area contributed by atoms with Gasteiger partial charge in [0.1, 0.15) is 4.90 Å². The number of benzene rings is 1. The van der Waals surface area contributed by atoms with Crippen molar-refractivity contribution in [2.45, 2.75) is 44.0 Å². The Balaban J connectivity index is 2.29. The van der Waals surface area contributed by atoms with Crippen LogP contribution in [0.3, 0.4) is 0 Å². The Morgan fingerprint density at radius 1 is 1.35 bits per heavy atom. The van der Waals surface area contributed by atoms with E-state index in [2.05, 4.69) is 23.9 Å². The molecule has 0 spiro atoms. The zero-order valence-electron chi connectivity index (χ0n) is 12.2. The molecule has 0 radical (unpaired) electrons. The van der Waals surface area contributed by atoms with Gasteiger partial charge in [-0.15, -0.1) is 0 Å². The highest BCUT2D eigenvalue weighted by atomic mass is 32.2. The second kappa shape index (κ2) is 5.26. The van der Waals surface area contributed by atoms with Gasteiger partial charge >= 0.3 is 0 Å². The summed E-state index contributed by atoms with van der Waals surface area (Å²) in [5.74, 6) is 0. The van der Waals surface area contributed by atoms with Crippen LogP contribution in [-0.2, 0) is 10.0 Å². The summed E-state index contributed by atoms with van der Waals surface area (Å²) in [7, 11) is -2.11. The van der Waals surface area contributed by atoms with Crippen LogP contribution in [0.5, 0.6) is 0 Å². The lowest BCUT2D eigenvalue weighted by Gasteiger charge is -2.20. The van der Waals surface area contributed by atoms with E-state index in [0.717, 1.165) is 19.3 Å². The lowest BCUT2D eigenvalue weighted by atomic mass is 9.92. The van der Waals surface area contributed by atoms with Crippen molar-refractivity contribution in [2.24, 2.45) is 5.41 Å². The molecule has 1 unspecified atom stereocenters. The maximum absolute atomic E-state index is 12.1. The van der Waals surface area contributed by atoms with Gasteiger partial charge in [0.15, 0.2) is 0 Å². The average molecular weight is 297 g/mol. The number of nitrogens with two attached hydrogens (primary N) is 1. The quantitative estimate of drug-likeness (QED) is 0.744. The molecular formula is C14H23N3O2S. The molecule has 20 heavy (non-hydrogen) atoms. The van der Waals surface area contributed by atoms with Gasteiger partial charge in [0, 0.05) is 11.7 Å². The summed E-state index contributed by atoms with van der Waals surface area (Å²) in [5, 5.41) is 3.36. The predicted molar refractivity (Wildman–Crippen MR) is 82.1 cm³/mol. The van der Waals surface area contributed by atoms with Crippen LogP contribution in [0.15, 0.2) is 23.1 Å². The Morgan fingerprint density at radius 2 is 2.05 bits per heavy atom. The van der Waals surface area contributed by atoms with Crippen LogP contribution in [0, 0.1) is 5.41 Å². The van der Waals surface area contributed by atoms with Crippen molar-refractivity contribution in [3.8, 4) is 0 Å². The van der Waals surface area contributed by atoms with Crippen molar-refractivity contribution in [1.82, 2.24) is 4.72 Å². The Labute approximate surface area is 121 Å².